The lowest BCUT2D eigenvalue weighted by Crippen LogP contribution is -2.19. The number of thioether (sulfide) groups is 1. The van der Waals surface area contributed by atoms with Gasteiger partial charge in [0, 0.05) is 16.9 Å². The van der Waals surface area contributed by atoms with E-state index in [1.54, 1.807) is 0 Å². The zero-order chi connectivity index (χ0) is 15.9. The Balaban J connectivity index is 2.00. The predicted octanol–water partition coefficient (Wildman–Crippen LogP) is 3.92. The number of hydrogen-bond acceptors (Lipinski definition) is 3. The average Bonchev–Trinajstić information content (AvgIpc) is 3.16. The minimum absolute atomic E-state index is 0.00226. The standard InChI is InChI=1S/C17H22N2O2S/c1-17(2,3)16-18-13-8-12(22-10-15(20)21)6-7-14(13)19(16)9-11-4-5-11/h6-8,11H,4-5,9-10H2,1-3H3,(H,20,21). The number of nitrogens with zero attached hydrogens (tertiary/aromatic N) is 2. The van der Waals surface area contributed by atoms with Gasteiger partial charge in [-0.15, -0.1) is 11.8 Å². The van der Waals surface area contributed by atoms with E-state index in [0.29, 0.717) is 0 Å². The van der Waals surface area contributed by atoms with Gasteiger partial charge in [-0.25, -0.2) is 4.98 Å². The quantitative estimate of drug-likeness (QED) is 0.849. The van der Waals surface area contributed by atoms with Crippen LogP contribution in [0, 0.1) is 5.92 Å². The summed E-state index contributed by atoms with van der Waals surface area (Å²) >= 11 is 1.34. The Morgan fingerprint density at radius 3 is 2.73 bits per heavy atom. The molecule has 1 N–H and O–H groups in total. The molecule has 0 amide bonds. The maximum absolute atomic E-state index is 10.7. The minimum atomic E-state index is -0.792. The van der Waals surface area contributed by atoms with Crippen LogP contribution in [0.5, 0.6) is 0 Å². The molecule has 0 spiro atoms. The number of aliphatic carboxylic acids is 1. The van der Waals surface area contributed by atoms with Crippen molar-refractivity contribution in [1.29, 1.82) is 0 Å². The number of hydrogen-bond donors (Lipinski definition) is 1. The van der Waals surface area contributed by atoms with Crippen molar-refractivity contribution in [2.45, 2.75) is 50.5 Å². The molecule has 1 heterocycles. The summed E-state index contributed by atoms with van der Waals surface area (Å²) < 4.78 is 2.36. The molecule has 0 saturated heterocycles. The predicted molar refractivity (Wildman–Crippen MR) is 89.5 cm³/mol. The van der Waals surface area contributed by atoms with Gasteiger partial charge in [0.2, 0.25) is 0 Å². The summed E-state index contributed by atoms with van der Waals surface area (Å²) in [4.78, 5) is 16.5. The Morgan fingerprint density at radius 1 is 1.41 bits per heavy atom. The number of fused-ring (bicyclic) bond motifs is 1. The molecule has 0 bridgehead atoms. The molecule has 0 radical (unpaired) electrons. The summed E-state index contributed by atoms with van der Waals surface area (Å²) in [6, 6.07) is 6.11. The van der Waals surface area contributed by atoms with Crippen LogP contribution in [0.1, 0.15) is 39.4 Å². The largest absolute Gasteiger partial charge is 0.481 e. The Kier molecular flexibility index (Phi) is 3.93. The lowest BCUT2D eigenvalue weighted by atomic mass is 9.95. The summed E-state index contributed by atoms with van der Waals surface area (Å²) in [7, 11) is 0. The van der Waals surface area contributed by atoms with Crippen LogP contribution in [0.4, 0.5) is 0 Å². The van der Waals surface area contributed by atoms with E-state index in [1.165, 1.54) is 24.6 Å². The minimum Gasteiger partial charge on any atom is -0.481 e. The summed E-state index contributed by atoms with van der Waals surface area (Å²) in [6.07, 6.45) is 2.63. The summed E-state index contributed by atoms with van der Waals surface area (Å²) in [5, 5.41) is 8.81. The van der Waals surface area contributed by atoms with E-state index < -0.39 is 5.97 Å². The molecule has 1 aliphatic rings. The molecular formula is C17H22N2O2S. The van der Waals surface area contributed by atoms with Crippen molar-refractivity contribution in [1.82, 2.24) is 9.55 Å². The van der Waals surface area contributed by atoms with Crippen molar-refractivity contribution in [3.8, 4) is 0 Å². The summed E-state index contributed by atoms with van der Waals surface area (Å²) in [5.74, 6) is 1.20. The number of carboxylic acids is 1. The van der Waals surface area contributed by atoms with Gasteiger partial charge in [-0.1, -0.05) is 20.8 Å². The fraction of sp³-hybridized carbons (Fsp3) is 0.529. The lowest BCUT2D eigenvalue weighted by molar-refractivity contribution is -0.133. The molecule has 0 aliphatic heterocycles. The van der Waals surface area contributed by atoms with E-state index >= 15 is 0 Å². The number of aromatic nitrogens is 2. The number of benzene rings is 1. The highest BCUT2D eigenvalue weighted by atomic mass is 32.2. The highest BCUT2D eigenvalue weighted by Crippen LogP contribution is 2.35. The van der Waals surface area contributed by atoms with Crippen molar-refractivity contribution >= 4 is 28.8 Å². The van der Waals surface area contributed by atoms with Gasteiger partial charge >= 0.3 is 5.97 Å². The molecule has 1 saturated carbocycles. The van der Waals surface area contributed by atoms with Gasteiger partial charge in [0.25, 0.3) is 0 Å². The molecule has 1 aliphatic carbocycles. The second-order valence-electron chi connectivity index (χ2n) is 7.07. The molecule has 0 unspecified atom stereocenters. The molecule has 1 aromatic carbocycles. The third kappa shape index (κ3) is 3.29. The molecule has 22 heavy (non-hydrogen) atoms. The number of imidazole rings is 1. The Bertz CT molecular complexity index is 711. The van der Waals surface area contributed by atoms with E-state index in [0.717, 1.165) is 34.2 Å². The third-order valence-electron chi connectivity index (χ3n) is 3.89. The number of rotatable bonds is 5. The second-order valence-corrected chi connectivity index (χ2v) is 8.12. The number of carboxylic acid groups (broad SMARTS) is 1. The third-order valence-corrected chi connectivity index (χ3v) is 4.87. The van der Waals surface area contributed by atoms with E-state index in [2.05, 4.69) is 31.4 Å². The van der Waals surface area contributed by atoms with E-state index in [4.69, 9.17) is 10.1 Å². The molecular weight excluding hydrogens is 296 g/mol. The van der Waals surface area contributed by atoms with Crippen molar-refractivity contribution < 1.29 is 9.90 Å². The smallest absolute Gasteiger partial charge is 0.313 e. The van der Waals surface area contributed by atoms with Gasteiger partial charge in [-0.2, -0.15) is 0 Å². The van der Waals surface area contributed by atoms with Gasteiger partial charge in [0.15, 0.2) is 0 Å². The summed E-state index contributed by atoms with van der Waals surface area (Å²) in [6.45, 7) is 7.62. The first kappa shape index (κ1) is 15.4. The topological polar surface area (TPSA) is 55.1 Å². The Labute approximate surface area is 134 Å². The van der Waals surface area contributed by atoms with Crippen LogP contribution in [-0.4, -0.2) is 26.4 Å². The van der Waals surface area contributed by atoms with Crippen molar-refractivity contribution in [2.75, 3.05) is 5.75 Å². The molecule has 1 aromatic heterocycles. The number of carbonyl (C=O) groups is 1. The zero-order valence-electron chi connectivity index (χ0n) is 13.3. The van der Waals surface area contributed by atoms with Gasteiger partial charge in [-0.05, 0) is 37.0 Å². The van der Waals surface area contributed by atoms with Crippen LogP contribution in [0.3, 0.4) is 0 Å². The van der Waals surface area contributed by atoms with Crippen molar-refractivity contribution in [3.05, 3.63) is 24.0 Å². The van der Waals surface area contributed by atoms with Gasteiger partial charge in [-0.3, -0.25) is 4.79 Å². The molecule has 1 fully saturated rings. The SMILES string of the molecule is CC(C)(C)c1nc2cc(SCC(=O)O)ccc2n1CC1CC1. The first-order chi connectivity index (χ1) is 10.3. The molecule has 4 nitrogen and oxygen atoms in total. The molecule has 2 aromatic rings. The molecule has 5 heteroatoms. The molecule has 3 rings (SSSR count). The first-order valence-electron chi connectivity index (χ1n) is 7.70. The Hall–Kier alpha value is -1.49. The normalized spacial score (nSPS) is 15.4. The van der Waals surface area contributed by atoms with Crippen LogP contribution in [0.15, 0.2) is 23.1 Å². The van der Waals surface area contributed by atoms with Gasteiger partial charge < -0.3 is 9.67 Å². The van der Waals surface area contributed by atoms with Crippen LogP contribution in [-0.2, 0) is 16.8 Å². The molecule has 0 atom stereocenters. The van der Waals surface area contributed by atoms with E-state index in [1.807, 2.05) is 12.1 Å². The highest BCUT2D eigenvalue weighted by Gasteiger charge is 2.28. The van der Waals surface area contributed by atoms with Crippen LogP contribution < -0.4 is 0 Å². The summed E-state index contributed by atoms with van der Waals surface area (Å²) in [5.41, 5.74) is 2.14. The van der Waals surface area contributed by atoms with E-state index in [9.17, 15) is 4.79 Å². The van der Waals surface area contributed by atoms with Gasteiger partial charge in [0.05, 0.1) is 16.8 Å². The van der Waals surface area contributed by atoms with E-state index in [-0.39, 0.29) is 11.2 Å². The lowest BCUT2D eigenvalue weighted by Gasteiger charge is -2.20. The maximum Gasteiger partial charge on any atom is 0.313 e. The highest BCUT2D eigenvalue weighted by molar-refractivity contribution is 8.00. The van der Waals surface area contributed by atoms with Crippen molar-refractivity contribution in [3.63, 3.8) is 0 Å². The molecule has 118 valence electrons. The van der Waals surface area contributed by atoms with Crippen LogP contribution in [0.2, 0.25) is 0 Å². The van der Waals surface area contributed by atoms with Crippen LogP contribution in [0.25, 0.3) is 11.0 Å². The first-order valence-corrected chi connectivity index (χ1v) is 8.68. The fourth-order valence-electron chi connectivity index (χ4n) is 2.66. The fourth-order valence-corrected chi connectivity index (χ4v) is 3.31. The maximum atomic E-state index is 10.7. The van der Waals surface area contributed by atoms with Gasteiger partial charge in [0.1, 0.15) is 5.82 Å². The second kappa shape index (κ2) is 5.61. The average molecular weight is 318 g/mol. The zero-order valence-corrected chi connectivity index (χ0v) is 14.1. The van der Waals surface area contributed by atoms with Crippen molar-refractivity contribution in [2.24, 2.45) is 5.92 Å². The Morgan fingerprint density at radius 2 is 2.14 bits per heavy atom. The van der Waals surface area contributed by atoms with Crippen LogP contribution >= 0.6 is 11.8 Å². The monoisotopic (exact) mass is 318 g/mol.